The third-order valence-corrected chi connectivity index (χ3v) is 2.90. The van der Waals surface area contributed by atoms with Crippen LogP contribution in [0.5, 0.6) is 5.75 Å². The Morgan fingerprint density at radius 1 is 0.944 bits per heavy atom. The average Bonchev–Trinajstić information content (AvgIpc) is 2.45. The Bertz CT molecular complexity index is 450. The molecule has 2 heteroatoms. The summed E-state index contributed by atoms with van der Waals surface area (Å²) in [5.74, 6) is 0.893. The van der Waals surface area contributed by atoms with Gasteiger partial charge in [0.25, 0.3) is 0 Å². The first-order valence-corrected chi connectivity index (χ1v) is 6.30. The second kappa shape index (κ2) is 6.70. The molecule has 18 heavy (non-hydrogen) atoms. The molecule has 2 rings (SSSR count). The number of nitrogens with one attached hydrogen (secondary N) is 1. The summed E-state index contributed by atoms with van der Waals surface area (Å²) < 4.78 is 5.12. The Kier molecular flexibility index (Phi) is 4.65. The van der Waals surface area contributed by atoms with Crippen molar-refractivity contribution in [3.05, 3.63) is 60.2 Å². The number of aryl methyl sites for hydroxylation is 1. The third-order valence-electron chi connectivity index (χ3n) is 2.90. The molecule has 0 unspecified atom stereocenters. The van der Waals surface area contributed by atoms with Gasteiger partial charge in [-0.2, -0.15) is 0 Å². The van der Waals surface area contributed by atoms with Crippen molar-refractivity contribution in [2.24, 2.45) is 0 Å². The van der Waals surface area contributed by atoms with Crippen LogP contribution in [0, 0.1) is 0 Å². The second-order valence-electron chi connectivity index (χ2n) is 4.24. The Morgan fingerprint density at radius 3 is 2.33 bits per heavy atom. The first kappa shape index (κ1) is 12.5. The van der Waals surface area contributed by atoms with Gasteiger partial charge < -0.3 is 10.1 Å². The highest BCUT2D eigenvalue weighted by molar-refractivity contribution is 5.46. The van der Waals surface area contributed by atoms with Crippen molar-refractivity contribution in [3.8, 4) is 5.75 Å². The Balaban J connectivity index is 1.72. The summed E-state index contributed by atoms with van der Waals surface area (Å²) in [7, 11) is 1.68. The molecule has 0 amide bonds. The van der Waals surface area contributed by atoms with Crippen LogP contribution >= 0.6 is 0 Å². The van der Waals surface area contributed by atoms with E-state index in [1.165, 1.54) is 5.56 Å². The lowest BCUT2D eigenvalue weighted by atomic mass is 10.1. The number of hydrogen-bond donors (Lipinski definition) is 1. The molecule has 0 saturated carbocycles. The molecule has 94 valence electrons. The Morgan fingerprint density at radius 2 is 1.67 bits per heavy atom. The van der Waals surface area contributed by atoms with Crippen LogP contribution in [-0.4, -0.2) is 13.7 Å². The van der Waals surface area contributed by atoms with E-state index in [4.69, 9.17) is 4.74 Å². The summed E-state index contributed by atoms with van der Waals surface area (Å²) in [6.07, 6.45) is 2.25. The number of benzene rings is 2. The molecule has 2 nitrogen and oxygen atoms in total. The fourth-order valence-corrected chi connectivity index (χ4v) is 1.88. The molecular weight excluding hydrogens is 222 g/mol. The largest absolute Gasteiger partial charge is 0.497 e. The van der Waals surface area contributed by atoms with Gasteiger partial charge in [0.2, 0.25) is 0 Å². The van der Waals surface area contributed by atoms with Gasteiger partial charge in [0.15, 0.2) is 0 Å². The van der Waals surface area contributed by atoms with Crippen molar-refractivity contribution in [2.45, 2.75) is 12.8 Å². The summed E-state index contributed by atoms with van der Waals surface area (Å²) in [5.41, 5.74) is 2.54. The van der Waals surface area contributed by atoms with Crippen LogP contribution in [0.1, 0.15) is 12.0 Å². The summed E-state index contributed by atoms with van der Waals surface area (Å²) in [5, 5.41) is 3.41. The summed E-state index contributed by atoms with van der Waals surface area (Å²) in [6, 6.07) is 18.6. The summed E-state index contributed by atoms with van der Waals surface area (Å²) >= 11 is 0. The van der Waals surface area contributed by atoms with E-state index in [1.54, 1.807) is 7.11 Å². The number of methoxy groups -OCH3 is 1. The van der Waals surface area contributed by atoms with Crippen molar-refractivity contribution in [1.29, 1.82) is 0 Å². The van der Waals surface area contributed by atoms with Crippen LogP contribution in [0.2, 0.25) is 0 Å². The topological polar surface area (TPSA) is 21.3 Å². The average molecular weight is 241 g/mol. The van der Waals surface area contributed by atoms with Crippen LogP contribution in [0.4, 0.5) is 5.69 Å². The van der Waals surface area contributed by atoms with Gasteiger partial charge in [-0.15, -0.1) is 0 Å². The third kappa shape index (κ3) is 3.81. The zero-order valence-electron chi connectivity index (χ0n) is 10.7. The predicted octanol–water partition coefficient (Wildman–Crippen LogP) is 3.74. The van der Waals surface area contributed by atoms with Crippen LogP contribution < -0.4 is 10.1 Å². The Labute approximate surface area is 109 Å². The molecule has 0 spiro atoms. The molecular formula is C16H19NO. The van der Waals surface area contributed by atoms with Crippen molar-refractivity contribution in [1.82, 2.24) is 0 Å². The predicted molar refractivity (Wildman–Crippen MR) is 76.2 cm³/mol. The van der Waals surface area contributed by atoms with Gasteiger partial charge in [-0.25, -0.2) is 0 Å². The van der Waals surface area contributed by atoms with E-state index in [9.17, 15) is 0 Å². The minimum Gasteiger partial charge on any atom is -0.497 e. The molecule has 0 bridgehead atoms. The van der Waals surface area contributed by atoms with Gasteiger partial charge in [0.1, 0.15) is 5.75 Å². The SMILES string of the molecule is COc1ccc(NCCCc2ccccc2)cc1. The van der Waals surface area contributed by atoms with Crippen molar-refractivity contribution >= 4 is 5.69 Å². The second-order valence-corrected chi connectivity index (χ2v) is 4.24. The van der Waals surface area contributed by atoms with Gasteiger partial charge in [-0.05, 0) is 42.7 Å². The van der Waals surface area contributed by atoms with E-state index in [0.29, 0.717) is 0 Å². The van der Waals surface area contributed by atoms with E-state index in [1.807, 2.05) is 24.3 Å². The van der Waals surface area contributed by atoms with Crippen molar-refractivity contribution < 1.29 is 4.74 Å². The minimum atomic E-state index is 0.893. The highest BCUT2D eigenvalue weighted by atomic mass is 16.5. The molecule has 0 aliphatic heterocycles. The molecule has 0 radical (unpaired) electrons. The maximum Gasteiger partial charge on any atom is 0.119 e. The Hall–Kier alpha value is -1.96. The molecule has 0 aliphatic rings. The lowest BCUT2D eigenvalue weighted by Crippen LogP contribution is -2.02. The number of ether oxygens (including phenoxy) is 1. The maximum atomic E-state index is 5.12. The summed E-state index contributed by atoms with van der Waals surface area (Å²) in [4.78, 5) is 0. The first-order chi connectivity index (χ1) is 8.88. The molecule has 0 atom stereocenters. The van der Waals surface area contributed by atoms with Crippen LogP contribution in [0.25, 0.3) is 0 Å². The number of anilines is 1. The smallest absolute Gasteiger partial charge is 0.119 e. The molecule has 0 aliphatic carbocycles. The first-order valence-electron chi connectivity index (χ1n) is 6.30. The van der Waals surface area contributed by atoms with E-state index in [-0.39, 0.29) is 0 Å². The van der Waals surface area contributed by atoms with Crippen molar-refractivity contribution in [2.75, 3.05) is 19.0 Å². The quantitative estimate of drug-likeness (QED) is 0.778. The lowest BCUT2D eigenvalue weighted by molar-refractivity contribution is 0.415. The van der Waals surface area contributed by atoms with Gasteiger partial charge in [0.05, 0.1) is 7.11 Å². The molecule has 0 heterocycles. The highest BCUT2D eigenvalue weighted by Gasteiger charge is 1.94. The normalized spacial score (nSPS) is 10.1. The monoisotopic (exact) mass is 241 g/mol. The standard InChI is InChI=1S/C16H19NO/c1-18-16-11-9-15(10-12-16)17-13-5-8-14-6-3-2-4-7-14/h2-4,6-7,9-12,17H,5,8,13H2,1H3. The van der Waals surface area contributed by atoms with Gasteiger partial charge in [0, 0.05) is 12.2 Å². The highest BCUT2D eigenvalue weighted by Crippen LogP contribution is 2.15. The van der Waals surface area contributed by atoms with Crippen LogP contribution in [0.15, 0.2) is 54.6 Å². The zero-order chi connectivity index (χ0) is 12.6. The molecule has 0 aromatic heterocycles. The maximum absolute atomic E-state index is 5.12. The van der Waals surface area contributed by atoms with Crippen molar-refractivity contribution in [3.63, 3.8) is 0 Å². The molecule has 0 fully saturated rings. The lowest BCUT2D eigenvalue weighted by Gasteiger charge is -2.07. The van der Waals surface area contributed by atoms with Crippen LogP contribution in [-0.2, 0) is 6.42 Å². The summed E-state index contributed by atoms with van der Waals surface area (Å²) in [6.45, 7) is 0.987. The number of hydrogen-bond acceptors (Lipinski definition) is 2. The van der Waals surface area contributed by atoms with Crippen LogP contribution in [0.3, 0.4) is 0 Å². The molecule has 2 aromatic carbocycles. The molecule has 2 aromatic rings. The number of rotatable bonds is 6. The van der Waals surface area contributed by atoms with Gasteiger partial charge in [-0.1, -0.05) is 30.3 Å². The van der Waals surface area contributed by atoms with E-state index < -0.39 is 0 Å². The van der Waals surface area contributed by atoms with Gasteiger partial charge in [-0.3, -0.25) is 0 Å². The fourth-order valence-electron chi connectivity index (χ4n) is 1.88. The van der Waals surface area contributed by atoms with Gasteiger partial charge >= 0.3 is 0 Å². The molecule has 1 N–H and O–H groups in total. The van der Waals surface area contributed by atoms with E-state index in [0.717, 1.165) is 30.8 Å². The molecule has 0 saturated heterocycles. The minimum absolute atomic E-state index is 0.893. The van der Waals surface area contributed by atoms with E-state index >= 15 is 0 Å². The van der Waals surface area contributed by atoms with E-state index in [2.05, 4.69) is 35.6 Å². The fraction of sp³-hybridized carbons (Fsp3) is 0.250. The zero-order valence-corrected chi connectivity index (χ0v) is 10.7.